The molecule has 1 fully saturated rings. The number of carbonyl (C=O) groups excluding carboxylic acids is 2. The van der Waals surface area contributed by atoms with Gasteiger partial charge in [0, 0.05) is 18.5 Å². The van der Waals surface area contributed by atoms with E-state index in [9.17, 15) is 9.59 Å². The molecule has 20 heavy (non-hydrogen) atoms. The van der Waals surface area contributed by atoms with Crippen molar-refractivity contribution in [3.8, 4) is 0 Å². The van der Waals surface area contributed by atoms with E-state index < -0.39 is 0 Å². The largest absolute Gasteiger partial charge is 0.466 e. The number of amides is 2. The number of aryl methyl sites for hydroxylation is 2. The Hall–Kier alpha value is -2.11. The van der Waals surface area contributed by atoms with Gasteiger partial charge in [0.25, 0.3) is 5.91 Å². The minimum Gasteiger partial charge on any atom is -0.466 e. The maximum atomic E-state index is 11.7. The first-order valence-electron chi connectivity index (χ1n) is 6.65. The predicted molar refractivity (Wildman–Crippen MR) is 74.3 cm³/mol. The highest BCUT2D eigenvalue weighted by Gasteiger charge is 2.22. The molecule has 108 valence electrons. The van der Waals surface area contributed by atoms with E-state index in [1.54, 1.807) is 11.8 Å². The van der Waals surface area contributed by atoms with Gasteiger partial charge in [0.1, 0.15) is 18.1 Å². The van der Waals surface area contributed by atoms with E-state index in [0.717, 1.165) is 23.5 Å². The predicted octanol–water partition coefficient (Wildman–Crippen LogP) is 1.36. The molecule has 0 saturated carbocycles. The molecular weight excluding hydrogens is 258 g/mol. The summed E-state index contributed by atoms with van der Waals surface area (Å²) in [5, 5.41) is 4.05. The van der Waals surface area contributed by atoms with Crippen molar-refractivity contribution in [1.29, 1.82) is 0 Å². The minimum absolute atomic E-state index is 0.0298. The van der Waals surface area contributed by atoms with Crippen LogP contribution < -0.4 is 5.43 Å². The molecule has 0 aromatic carbocycles. The molecule has 1 N–H and O–H groups in total. The molecule has 2 heterocycles. The van der Waals surface area contributed by atoms with Crippen LogP contribution in [-0.2, 0) is 9.59 Å². The number of nitrogens with zero attached hydrogens (tertiary/aromatic N) is 2. The van der Waals surface area contributed by atoms with Crippen LogP contribution in [0.15, 0.2) is 15.6 Å². The third kappa shape index (κ3) is 3.26. The van der Waals surface area contributed by atoms with Crippen molar-refractivity contribution in [3.63, 3.8) is 0 Å². The van der Waals surface area contributed by atoms with Gasteiger partial charge in [-0.05, 0) is 33.3 Å². The molecule has 0 atom stereocenters. The summed E-state index contributed by atoms with van der Waals surface area (Å²) < 4.78 is 5.42. The summed E-state index contributed by atoms with van der Waals surface area (Å²) >= 11 is 0. The second kappa shape index (κ2) is 5.90. The summed E-state index contributed by atoms with van der Waals surface area (Å²) in [5.74, 6) is 1.33. The van der Waals surface area contributed by atoms with E-state index in [1.807, 2.05) is 19.9 Å². The molecule has 0 bridgehead atoms. The van der Waals surface area contributed by atoms with Crippen LogP contribution in [0.25, 0.3) is 0 Å². The second-order valence-electron chi connectivity index (χ2n) is 4.98. The lowest BCUT2D eigenvalue weighted by molar-refractivity contribution is -0.133. The van der Waals surface area contributed by atoms with E-state index in [-0.39, 0.29) is 18.4 Å². The van der Waals surface area contributed by atoms with Gasteiger partial charge in [0.05, 0.1) is 5.71 Å². The number of hydrazone groups is 1. The summed E-state index contributed by atoms with van der Waals surface area (Å²) in [6, 6.07) is 1.88. The minimum atomic E-state index is -0.280. The number of furan rings is 1. The lowest BCUT2D eigenvalue weighted by Gasteiger charge is -2.13. The van der Waals surface area contributed by atoms with E-state index in [0.29, 0.717) is 18.7 Å². The average molecular weight is 277 g/mol. The number of rotatable bonds is 4. The van der Waals surface area contributed by atoms with Crippen LogP contribution in [-0.4, -0.2) is 35.5 Å². The number of nitrogens with one attached hydrogen (secondary N) is 1. The summed E-state index contributed by atoms with van der Waals surface area (Å²) in [5.41, 5.74) is 4.03. The fraction of sp³-hybridized carbons (Fsp3) is 0.500. The van der Waals surface area contributed by atoms with Crippen molar-refractivity contribution in [2.45, 2.75) is 33.6 Å². The highest BCUT2D eigenvalue weighted by Crippen LogP contribution is 2.14. The molecule has 0 radical (unpaired) electrons. The smallest absolute Gasteiger partial charge is 0.259 e. The van der Waals surface area contributed by atoms with Gasteiger partial charge in [-0.2, -0.15) is 5.10 Å². The van der Waals surface area contributed by atoms with Gasteiger partial charge < -0.3 is 9.32 Å². The standard InChI is InChI=1S/C14H19N3O3/c1-9-7-12(11(3)20-9)10(2)15-16-13(18)8-17-6-4-5-14(17)19/h7H,4-6,8H2,1-3H3,(H,16,18)/b15-10+. The van der Waals surface area contributed by atoms with Gasteiger partial charge in [0.15, 0.2) is 0 Å². The Labute approximate surface area is 117 Å². The summed E-state index contributed by atoms with van der Waals surface area (Å²) in [6.45, 7) is 6.24. The first kappa shape index (κ1) is 14.3. The molecule has 2 amide bonds. The topological polar surface area (TPSA) is 74.9 Å². The normalized spacial score (nSPS) is 15.8. The zero-order valence-corrected chi connectivity index (χ0v) is 12.0. The molecule has 0 spiro atoms. The Bertz CT molecular complexity index is 560. The highest BCUT2D eigenvalue weighted by molar-refractivity contribution is 6.00. The first-order valence-corrected chi connectivity index (χ1v) is 6.65. The third-order valence-electron chi connectivity index (χ3n) is 3.28. The van der Waals surface area contributed by atoms with Crippen molar-refractivity contribution in [3.05, 3.63) is 23.2 Å². The Morgan fingerprint density at radius 3 is 2.80 bits per heavy atom. The summed E-state index contributed by atoms with van der Waals surface area (Å²) in [6.07, 6.45) is 1.35. The molecule has 1 aliphatic heterocycles. The maximum absolute atomic E-state index is 11.7. The Morgan fingerprint density at radius 1 is 1.50 bits per heavy atom. The van der Waals surface area contributed by atoms with Crippen LogP contribution in [0.2, 0.25) is 0 Å². The van der Waals surface area contributed by atoms with E-state index in [2.05, 4.69) is 10.5 Å². The molecule has 6 nitrogen and oxygen atoms in total. The van der Waals surface area contributed by atoms with Crippen molar-refractivity contribution in [1.82, 2.24) is 10.3 Å². The van der Waals surface area contributed by atoms with Crippen molar-refractivity contribution in [2.24, 2.45) is 5.10 Å². The molecule has 1 aliphatic rings. The Morgan fingerprint density at radius 2 is 2.25 bits per heavy atom. The van der Waals surface area contributed by atoms with E-state index in [4.69, 9.17) is 4.42 Å². The van der Waals surface area contributed by atoms with Gasteiger partial charge in [-0.15, -0.1) is 0 Å². The Kier molecular flexibility index (Phi) is 4.22. The highest BCUT2D eigenvalue weighted by atomic mass is 16.3. The van der Waals surface area contributed by atoms with Crippen LogP contribution in [0.4, 0.5) is 0 Å². The molecule has 1 aromatic heterocycles. The second-order valence-corrected chi connectivity index (χ2v) is 4.98. The fourth-order valence-electron chi connectivity index (χ4n) is 2.28. The van der Waals surface area contributed by atoms with E-state index >= 15 is 0 Å². The molecule has 1 aromatic rings. The lowest BCUT2D eigenvalue weighted by atomic mass is 10.2. The molecule has 0 aliphatic carbocycles. The number of hydrogen-bond donors (Lipinski definition) is 1. The van der Waals surface area contributed by atoms with Crippen molar-refractivity contribution < 1.29 is 14.0 Å². The van der Waals surface area contributed by atoms with Crippen LogP contribution >= 0.6 is 0 Å². The fourth-order valence-corrected chi connectivity index (χ4v) is 2.28. The SMILES string of the molecule is C/C(=N\NC(=O)CN1CCCC1=O)c1cc(C)oc1C. The maximum Gasteiger partial charge on any atom is 0.259 e. The lowest BCUT2D eigenvalue weighted by Crippen LogP contribution is -2.36. The van der Waals surface area contributed by atoms with Crippen molar-refractivity contribution in [2.75, 3.05) is 13.1 Å². The number of hydrogen-bond acceptors (Lipinski definition) is 4. The quantitative estimate of drug-likeness (QED) is 0.667. The molecule has 0 unspecified atom stereocenters. The van der Waals surface area contributed by atoms with Crippen LogP contribution in [0.3, 0.4) is 0 Å². The summed E-state index contributed by atoms with van der Waals surface area (Å²) in [7, 11) is 0. The monoisotopic (exact) mass is 277 g/mol. The van der Waals surface area contributed by atoms with Gasteiger partial charge in [0.2, 0.25) is 5.91 Å². The zero-order chi connectivity index (χ0) is 14.7. The number of likely N-dealkylation sites (tertiary alicyclic amines) is 1. The first-order chi connectivity index (χ1) is 9.47. The zero-order valence-electron chi connectivity index (χ0n) is 12.0. The van der Waals surface area contributed by atoms with E-state index in [1.165, 1.54) is 0 Å². The van der Waals surface area contributed by atoms with Gasteiger partial charge in [-0.25, -0.2) is 5.43 Å². The van der Waals surface area contributed by atoms with Crippen LogP contribution in [0.1, 0.15) is 36.8 Å². The van der Waals surface area contributed by atoms with Crippen LogP contribution in [0.5, 0.6) is 0 Å². The third-order valence-corrected chi connectivity index (χ3v) is 3.28. The van der Waals surface area contributed by atoms with Gasteiger partial charge in [-0.3, -0.25) is 9.59 Å². The molecular formula is C14H19N3O3. The average Bonchev–Trinajstić information content (AvgIpc) is 2.93. The Balaban J connectivity index is 1.93. The van der Waals surface area contributed by atoms with Gasteiger partial charge >= 0.3 is 0 Å². The molecule has 1 saturated heterocycles. The summed E-state index contributed by atoms with van der Waals surface area (Å²) in [4.78, 5) is 24.7. The van der Waals surface area contributed by atoms with Crippen LogP contribution in [0, 0.1) is 13.8 Å². The molecule has 2 rings (SSSR count). The van der Waals surface area contributed by atoms with Gasteiger partial charge in [-0.1, -0.05) is 0 Å². The van der Waals surface area contributed by atoms with Crippen molar-refractivity contribution >= 4 is 17.5 Å². The number of carbonyl (C=O) groups is 2. The molecule has 6 heteroatoms.